The van der Waals surface area contributed by atoms with E-state index in [1.54, 1.807) is 18.3 Å². The van der Waals surface area contributed by atoms with Crippen LogP contribution in [0.15, 0.2) is 36.4 Å². The number of hydrogen-bond acceptors (Lipinski definition) is 5. The lowest BCUT2D eigenvalue weighted by Gasteiger charge is -2.33. The molecule has 0 radical (unpaired) electrons. The van der Waals surface area contributed by atoms with E-state index < -0.39 is 0 Å². The Labute approximate surface area is 157 Å². The summed E-state index contributed by atoms with van der Waals surface area (Å²) < 4.78 is 0. The van der Waals surface area contributed by atoms with E-state index in [4.69, 9.17) is 4.98 Å². The normalized spacial score (nSPS) is 15.4. The van der Waals surface area contributed by atoms with Crippen molar-refractivity contribution < 1.29 is 4.79 Å². The highest BCUT2D eigenvalue weighted by molar-refractivity contribution is 7.21. The Kier molecular flexibility index (Phi) is 4.59. The van der Waals surface area contributed by atoms with Crippen molar-refractivity contribution in [2.24, 2.45) is 0 Å². The lowest BCUT2D eigenvalue weighted by molar-refractivity contribution is -0.119. The maximum absolute atomic E-state index is 11.3. The fraction of sp³-hybridized carbons (Fsp3) is 0.350. The molecule has 1 saturated heterocycles. The van der Waals surface area contributed by atoms with Gasteiger partial charge in [0.05, 0.1) is 5.39 Å². The van der Waals surface area contributed by atoms with Crippen LogP contribution in [0.2, 0.25) is 0 Å². The summed E-state index contributed by atoms with van der Waals surface area (Å²) in [6.07, 6.45) is 1.89. The zero-order valence-corrected chi connectivity index (χ0v) is 15.8. The molecule has 0 saturated carbocycles. The van der Waals surface area contributed by atoms with Gasteiger partial charge < -0.3 is 10.2 Å². The van der Waals surface area contributed by atoms with Crippen molar-refractivity contribution in [3.63, 3.8) is 0 Å². The minimum Gasteiger partial charge on any atom is -0.356 e. The van der Waals surface area contributed by atoms with E-state index in [2.05, 4.69) is 45.5 Å². The number of thiophene rings is 1. The number of nitrogens with zero attached hydrogens (tertiary/aromatic N) is 3. The van der Waals surface area contributed by atoms with Gasteiger partial charge in [-0.05, 0) is 31.4 Å². The molecular weight excluding hydrogens is 344 g/mol. The standard InChI is InChI=1S/C20H22N4OS/c1-13-21-19(24-10-8-16(9-11-24)23-14(2)25)17-12-18(26-20(17)22-13)15-6-4-3-5-7-15/h3-7,12,16H,8-11H2,1-2H3,(H,23,25). The molecule has 3 heterocycles. The van der Waals surface area contributed by atoms with Gasteiger partial charge in [0.1, 0.15) is 16.5 Å². The second-order valence-corrected chi connectivity index (χ2v) is 7.78. The van der Waals surface area contributed by atoms with Crippen molar-refractivity contribution in [2.45, 2.75) is 32.7 Å². The van der Waals surface area contributed by atoms with Crippen molar-refractivity contribution in [1.82, 2.24) is 15.3 Å². The predicted octanol–water partition coefficient (Wildman–Crippen LogP) is 3.77. The van der Waals surface area contributed by atoms with E-state index in [-0.39, 0.29) is 11.9 Å². The molecule has 0 bridgehead atoms. The highest BCUT2D eigenvalue weighted by atomic mass is 32.1. The zero-order valence-electron chi connectivity index (χ0n) is 15.0. The predicted molar refractivity (Wildman–Crippen MR) is 107 cm³/mol. The first-order valence-electron chi connectivity index (χ1n) is 8.96. The van der Waals surface area contributed by atoms with Crippen LogP contribution >= 0.6 is 11.3 Å². The lowest BCUT2D eigenvalue weighted by Crippen LogP contribution is -2.44. The first kappa shape index (κ1) is 17.0. The van der Waals surface area contributed by atoms with E-state index >= 15 is 0 Å². The van der Waals surface area contributed by atoms with Crippen LogP contribution in [0.5, 0.6) is 0 Å². The summed E-state index contributed by atoms with van der Waals surface area (Å²) >= 11 is 1.72. The Morgan fingerprint density at radius 1 is 1.19 bits per heavy atom. The number of carbonyl (C=O) groups is 1. The summed E-state index contributed by atoms with van der Waals surface area (Å²) in [5.74, 6) is 1.87. The van der Waals surface area contributed by atoms with Crippen LogP contribution in [-0.4, -0.2) is 35.0 Å². The number of rotatable bonds is 3. The number of piperidine rings is 1. The molecule has 26 heavy (non-hydrogen) atoms. The van der Waals surface area contributed by atoms with Crippen molar-refractivity contribution in [3.05, 3.63) is 42.2 Å². The third-order valence-corrected chi connectivity index (χ3v) is 5.82. The van der Waals surface area contributed by atoms with Crippen LogP contribution in [-0.2, 0) is 4.79 Å². The molecule has 4 rings (SSSR count). The van der Waals surface area contributed by atoms with Gasteiger partial charge in [-0.2, -0.15) is 0 Å². The molecule has 0 atom stereocenters. The van der Waals surface area contributed by atoms with Crippen molar-refractivity contribution in [1.29, 1.82) is 0 Å². The van der Waals surface area contributed by atoms with E-state index in [1.165, 1.54) is 10.4 Å². The number of hydrogen-bond donors (Lipinski definition) is 1. The second kappa shape index (κ2) is 7.03. The Morgan fingerprint density at radius 2 is 1.92 bits per heavy atom. The molecule has 5 nitrogen and oxygen atoms in total. The Balaban J connectivity index is 1.65. The van der Waals surface area contributed by atoms with Gasteiger partial charge in [-0.15, -0.1) is 11.3 Å². The number of nitrogens with one attached hydrogen (secondary N) is 1. The molecule has 1 aliphatic heterocycles. The monoisotopic (exact) mass is 366 g/mol. The van der Waals surface area contributed by atoms with Crippen molar-refractivity contribution in [3.8, 4) is 10.4 Å². The first-order chi connectivity index (χ1) is 12.6. The average Bonchev–Trinajstić information content (AvgIpc) is 3.06. The van der Waals surface area contributed by atoms with Gasteiger partial charge in [-0.25, -0.2) is 9.97 Å². The van der Waals surface area contributed by atoms with E-state index in [0.29, 0.717) is 0 Å². The van der Waals surface area contributed by atoms with Crippen molar-refractivity contribution in [2.75, 3.05) is 18.0 Å². The number of carbonyl (C=O) groups excluding carboxylic acids is 1. The second-order valence-electron chi connectivity index (χ2n) is 6.75. The van der Waals surface area contributed by atoms with Crippen LogP contribution in [0.25, 0.3) is 20.7 Å². The molecule has 1 aromatic carbocycles. The summed E-state index contributed by atoms with van der Waals surface area (Å²) in [4.78, 5) is 25.3. The lowest BCUT2D eigenvalue weighted by atomic mass is 10.0. The van der Waals surface area contributed by atoms with Gasteiger partial charge >= 0.3 is 0 Å². The molecule has 6 heteroatoms. The Morgan fingerprint density at radius 3 is 2.62 bits per heavy atom. The third kappa shape index (κ3) is 3.42. The zero-order chi connectivity index (χ0) is 18.1. The van der Waals surface area contributed by atoms with Gasteiger partial charge in [0.25, 0.3) is 0 Å². The molecule has 3 aromatic rings. The van der Waals surface area contributed by atoms with Crippen LogP contribution in [0.3, 0.4) is 0 Å². The van der Waals surface area contributed by atoms with Gasteiger partial charge in [0.15, 0.2) is 0 Å². The Hall–Kier alpha value is -2.47. The molecule has 2 aromatic heterocycles. The van der Waals surface area contributed by atoms with E-state index in [1.807, 2.05) is 13.0 Å². The Bertz CT molecular complexity index is 930. The molecule has 0 aliphatic carbocycles. The molecule has 0 spiro atoms. The average molecular weight is 366 g/mol. The van der Waals surface area contributed by atoms with Gasteiger partial charge in [-0.1, -0.05) is 30.3 Å². The largest absolute Gasteiger partial charge is 0.356 e. The topological polar surface area (TPSA) is 58.1 Å². The van der Waals surface area contributed by atoms with Crippen molar-refractivity contribution >= 4 is 33.3 Å². The minimum absolute atomic E-state index is 0.0501. The fourth-order valence-electron chi connectivity index (χ4n) is 3.52. The molecule has 1 aliphatic rings. The highest BCUT2D eigenvalue weighted by Gasteiger charge is 2.23. The van der Waals surface area contributed by atoms with E-state index in [9.17, 15) is 4.79 Å². The first-order valence-corrected chi connectivity index (χ1v) is 9.77. The van der Waals surface area contributed by atoms with E-state index in [0.717, 1.165) is 47.8 Å². The summed E-state index contributed by atoms with van der Waals surface area (Å²) in [6, 6.07) is 12.9. The highest BCUT2D eigenvalue weighted by Crippen LogP contribution is 2.37. The molecule has 0 unspecified atom stereocenters. The number of aryl methyl sites for hydroxylation is 1. The fourth-order valence-corrected chi connectivity index (χ4v) is 4.60. The number of aromatic nitrogens is 2. The molecular formula is C20H22N4OS. The number of fused-ring (bicyclic) bond motifs is 1. The smallest absolute Gasteiger partial charge is 0.217 e. The van der Waals surface area contributed by atoms with Crippen LogP contribution in [0.1, 0.15) is 25.6 Å². The number of anilines is 1. The van der Waals surface area contributed by atoms with Gasteiger partial charge in [0.2, 0.25) is 5.91 Å². The SMILES string of the molecule is CC(=O)NC1CCN(c2nc(C)nc3sc(-c4ccccc4)cc23)CC1. The summed E-state index contributed by atoms with van der Waals surface area (Å²) in [5.41, 5.74) is 1.21. The van der Waals surface area contributed by atoms with Crippen LogP contribution < -0.4 is 10.2 Å². The van der Waals surface area contributed by atoms with Gasteiger partial charge in [0, 0.05) is 30.9 Å². The minimum atomic E-state index is 0.0501. The number of benzene rings is 1. The third-order valence-electron chi connectivity index (χ3n) is 4.74. The molecule has 1 amide bonds. The summed E-state index contributed by atoms with van der Waals surface area (Å²) in [6.45, 7) is 5.33. The maximum Gasteiger partial charge on any atom is 0.217 e. The number of amides is 1. The molecule has 1 N–H and O–H groups in total. The maximum atomic E-state index is 11.3. The summed E-state index contributed by atoms with van der Waals surface area (Å²) in [5, 5.41) is 4.15. The quantitative estimate of drug-likeness (QED) is 0.766. The van der Waals surface area contributed by atoms with Crippen LogP contribution in [0, 0.1) is 6.92 Å². The van der Waals surface area contributed by atoms with Gasteiger partial charge in [-0.3, -0.25) is 4.79 Å². The molecule has 134 valence electrons. The molecule has 1 fully saturated rings. The van der Waals surface area contributed by atoms with Crippen LogP contribution in [0.4, 0.5) is 5.82 Å². The summed E-state index contributed by atoms with van der Waals surface area (Å²) in [7, 11) is 0.